The van der Waals surface area contributed by atoms with E-state index in [2.05, 4.69) is 10.5 Å². The zero-order chi connectivity index (χ0) is 17.4. The van der Waals surface area contributed by atoms with Crippen LogP contribution in [0.25, 0.3) is 0 Å². The molecule has 0 saturated heterocycles. The van der Waals surface area contributed by atoms with Crippen LogP contribution in [0.2, 0.25) is 0 Å². The number of nitrogens with one attached hydrogen (secondary N) is 1. The van der Waals surface area contributed by atoms with E-state index in [1.165, 1.54) is 0 Å². The molecule has 0 atom stereocenters. The zero-order valence-electron chi connectivity index (χ0n) is 14.0. The molecule has 0 bridgehead atoms. The van der Waals surface area contributed by atoms with Gasteiger partial charge in [-0.05, 0) is 32.3 Å². The molecule has 0 aliphatic carbocycles. The van der Waals surface area contributed by atoms with Gasteiger partial charge in [-0.25, -0.2) is 0 Å². The second-order valence-electron chi connectivity index (χ2n) is 5.55. The lowest BCUT2D eigenvalue weighted by molar-refractivity contribution is -0.148. The number of rotatable bonds is 8. The van der Waals surface area contributed by atoms with E-state index in [1.807, 2.05) is 37.3 Å². The third-order valence-corrected chi connectivity index (χ3v) is 3.70. The van der Waals surface area contributed by atoms with Gasteiger partial charge in [0.05, 0.1) is 5.69 Å². The number of nitrogens with zero attached hydrogens (tertiary/aromatic N) is 1. The quantitative estimate of drug-likeness (QED) is 0.750. The summed E-state index contributed by atoms with van der Waals surface area (Å²) >= 11 is 0. The molecule has 1 amide bonds. The second kappa shape index (κ2) is 8.86. The standard InChI is InChI=1S/C18H22N2O4/c1-13-16(14(2)24-20-13)8-9-18(22)23-12-17(21)19-11-10-15-6-4-3-5-7-15/h3-7H,8-12H2,1-2H3,(H,19,21). The Morgan fingerprint density at radius 3 is 2.58 bits per heavy atom. The van der Waals surface area contributed by atoms with Crippen molar-refractivity contribution < 1.29 is 18.8 Å². The van der Waals surface area contributed by atoms with Crippen LogP contribution in [0.4, 0.5) is 0 Å². The lowest BCUT2D eigenvalue weighted by Crippen LogP contribution is -2.30. The maximum absolute atomic E-state index is 11.7. The Hall–Kier alpha value is -2.63. The second-order valence-corrected chi connectivity index (χ2v) is 5.55. The minimum absolute atomic E-state index is 0.195. The van der Waals surface area contributed by atoms with Gasteiger partial charge in [0, 0.05) is 18.5 Å². The minimum Gasteiger partial charge on any atom is -0.456 e. The Morgan fingerprint density at radius 1 is 1.17 bits per heavy atom. The van der Waals surface area contributed by atoms with Crippen molar-refractivity contribution in [2.24, 2.45) is 0 Å². The predicted octanol–water partition coefficient (Wildman–Crippen LogP) is 2.13. The van der Waals surface area contributed by atoms with Crippen LogP contribution in [0.15, 0.2) is 34.9 Å². The Bertz CT molecular complexity index is 660. The van der Waals surface area contributed by atoms with E-state index in [0.717, 1.165) is 23.2 Å². The van der Waals surface area contributed by atoms with Gasteiger partial charge in [0.25, 0.3) is 5.91 Å². The molecule has 2 aromatic rings. The van der Waals surface area contributed by atoms with Crippen LogP contribution in [-0.4, -0.2) is 30.2 Å². The molecule has 0 spiro atoms. The summed E-state index contributed by atoms with van der Waals surface area (Å²) in [6.45, 7) is 3.90. The van der Waals surface area contributed by atoms with E-state index in [9.17, 15) is 9.59 Å². The van der Waals surface area contributed by atoms with Crippen LogP contribution in [-0.2, 0) is 27.2 Å². The molecule has 128 valence electrons. The molecule has 0 aliphatic rings. The summed E-state index contributed by atoms with van der Waals surface area (Å²) in [7, 11) is 0. The fraction of sp³-hybridized carbons (Fsp3) is 0.389. The highest BCUT2D eigenvalue weighted by atomic mass is 16.5. The summed E-state index contributed by atoms with van der Waals surface area (Å²) in [4.78, 5) is 23.4. The van der Waals surface area contributed by atoms with Crippen molar-refractivity contribution in [1.29, 1.82) is 0 Å². The molecule has 0 fully saturated rings. The van der Waals surface area contributed by atoms with Gasteiger partial charge < -0.3 is 14.6 Å². The molecule has 1 aromatic carbocycles. The number of hydrogen-bond donors (Lipinski definition) is 1. The smallest absolute Gasteiger partial charge is 0.306 e. The lowest BCUT2D eigenvalue weighted by Gasteiger charge is -2.07. The first-order chi connectivity index (χ1) is 11.6. The van der Waals surface area contributed by atoms with Crippen molar-refractivity contribution in [3.8, 4) is 0 Å². The van der Waals surface area contributed by atoms with Crippen LogP contribution in [0.5, 0.6) is 0 Å². The first-order valence-electron chi connectivity index (χ1n) is 7.94. The van der Waals surface area contributed by atoms with Crippen molar-refractivity contribution in [3.05, 3.63) is 52.9 Å². The minimum atomic E-state index is -0.409. The molecular weight excluding hydrogens is 308 g/mol. The largest absolute Gasteiger partial charge is 0.456 e. The van der Waals surface area contributed by atoms with Crippen molar-refractivity contribution in [3.63, 3.8) is 0 Å². The summed E-state index contributed by atoms with van der Waals surface area (Å²) in [6, 6.07) is 9.86. The molecule has 1 heterocycles. The molecule has 0 aliphatic heterocycles. The van der Waals surface area contributed by atoms with Gasteiger partial charge in [-0.15, -0.1) is 0 Å². The average molecular weight is 330 g/mol. The Balaban J connectivity index is 1.62. The van der Waals surface area contributed by atoms with Gasteiger partial charge in [0.15, 0.2) is 6.61 Å². The number of carbonyl (C=O) groups excluding carboxylic acids is 2. The third kappa shape index (κ3) is 5.53. The van der Waals surface area contributed by atoms with E-state index in [-0.39, 0.29) is 18.9 Å². The Kier molecular flexibility index (Phi) is 6.54. The predicted molar refractivity (Wildman–Crippen MR) is 88.4 cm³/mol. The van der Waals surface area contributed by atoms with Crippen molar-refractivity contribution in [1.82, 2.24) is 10.5 Å². The molecule has 0 radical (unpaired) electrons. The average Bonchev–Trinajstić information content (AvgIpc) is 2.90. The normalized spacial score (nSPS) is 10.4. The van der Waals surface area contributed by atoms with E-state index < -0.39 is 5.97 Å². The van der Waals surface area contributed by atoms with Crippen LogP contribution < -0.4 is 5.32 Å². The summed E-state index contributed by atoms with van der Waals surface area (Å²) in [5.41, 5.74) is 2.84. The number of ether oxygens (including phenoxy) is 1. The maximum atomic E-state index is 11.7. The topological polar surface area (TPSA) is 81.4 Å². The molecule has 0 unspecified atom stereocenters. The summed E-state index contributed by atoms with van der Waals surface area (Å²) in [6.07, 6.45) is 1.43. The first-order valence-corrected chi connectivity index (χ1v) is 7.94. The SMILES string of the molecule is Cc1noc(C)c1CCC(=O)OCC(=O)NCCc1ccccc1. The Labute approximate surface area is 141 Å². The van der Waals surface area contributed by atoms with Crippen LogP contribution >= 0.6 is 0 Å². The highest BCUT2D eigenvalue weighted by Crippen LogP contribution is 2.14. The van der Waals surface area contributed by atoms with Gasteiger partial charge in [-0.3, -0.25) is 9.59 Å². The highest BCUT2D eigenvalue weighted by molar-refractivity contribution is 5.80. The molecule has 1 aromatic heterocycles. The number of carbonyl (C=O) groups is 2. The Morgan fingerprint density at radius 2 is 1.92 bits per heavy atom. The molecular formula is C18H22N2O4. The van der Waals surface area contributed by atoms with Gasteiger partial charge in [-0.2, -0.15) is 0 Å². The molecule has 1 N–H and O–H groups in total. The maximum Gasteiger partial charge on any atom is 0.306 e. The first kappa shape index (κ1) is 17.7. The lowest BCUT2D eigenvalue weighted by atomic mass is 10.1. The van der Waals surface area contributed by atoms with E-state index in [1.54, 1.807) is 6.92 Å². The van der Waals surface area contributed by atoms with Crippen molar-refractivity contribution in [2.75, 3.05) is 13.2 Å². The molecule has 24 heavy (non-hydrogen) atoms. The summed E-state index contributed by atoms with van der Waals surface area (Å²) in [5, 5.41) is 6.57. The number of aryl methyl sites for hydroxylation is 2. The number of aromatic nitrogens is 1. The summed E-state index contributed by atoms with van der Waals surface area (Å²) in [5.74, 6) is 0.00350. The number of hydrogen-bond acceptors (Lipinski definition) is 5. The van der Waals surface area contributed by atoms with E-state index >= 15 is 0 Å². The number of esters is 1. The molecule has 6 nitrogen and oxygen atoms in total. The van der Waals surface area contributed by atoms with Gasteiger partial charge >= 0.3 is 5.97 Å². The van der Waals surface area contributed by atoms with Crippen LogP contribution in [0.3, 0.4) is 0 Å². The number of benzene rings is 1. The molecule has 0 saturated carbocycles. The highest BCUT2D eigenvalue weighted by Gasteiger charge is 2.12. The third-order valence-electron chi connectivity index (χ3n) is 3.70. The van der Waals surface area contributed by atoms with Gasteiger partial charge in [0.2, 0.25) is 0 Å². The molecule has 6 heteroatoms. The fourth-order valence-electron chi connectivity index (χ4n) is 2.35. The van der Waals surface area contributed by atoms with E-state index in [4.69, 9.17) is 9.26 Å². The van der Waals surface area contributed by atoms with Crippen LogP contribution in [0, 0.1) is 13.8 Å². The fourth-order valence-corrected chi connectivity index (χ4v) is 2.35. The van der Waals surface area contributed by atoms with Crippen molar-refractivity contribution >= 4 is 11.9 Å². The van der Waals surface area contributed by atoms with Crippen LogP contribution in [0.1, 0.15) is 29.0 Å². The zero-order valence-corrected chi connectivity index (χ0v) is 14.0. The van der Waals surface area contributed by atoms with Crippen molar-refractivity contribution in [2.45, 2.75) is 33.1 Å². The summed E-state index contributed by atoms with van der Waals surface area (Å²) < 4.78 is 10.0. The van der Waals surface area contributed by atoms with Gasteiger partial charge in [-0.1, -0.05) is 35.5 Å². The monoisotopic (exact) mass is 330 g/mol. The van der Waals surface area contributed by atoms with Gasteiger partial charge in [0.1, 0.15) is 5.76 Å². The molecule has 2 rings (SSSR count). The van der Waals surface area contributed by atoms with E-state index in [0.29, 0.717) is 18.7 Å². The number of amides is 1.